The third-order valence-electron chi connectivity index (χ3n) is 4.19. The summed E-state index contributed by atoms with van der Waals surface area (Å²) in [5.74, 6) is -1.35. The second-order valence-corrected chi connectivity index (χ2v) is 9.57. The molecule has 3 aromatic rings. The van der Waals surface area contributed by atoms with Crippen molar-refractivity contribution >= 4 is 32.4 Å². The Morgan fingerprint density at radius 3 is 2.37 bits per heavy atom. The first-order valence-electron chi connectivity index (χ1n) is 9.21. The summed E-state index contributed by atoms with van der Waals surface area (Å²) < 4.78 is 41.9. The number of halogens is 1. The maximum atomic E-state index is 14.1. The molecule has 0 bridgehead atoms. The molecule has 0 fully saturated rings. The van der Waals surface area contributed by atoms with Crippen LogP contribution in [0.3, 0.4) is 0 Å². The van der Waals surface area contributed by atoms with Gasteiger partial charge in [0.15, 0.2) is 0 Å². The van der Waals surface area contributed by atoms with Gasteiger partial charge in [0.25, 0.3) is 0 Å². The van der Waals surface area contributed by atoms with Gasteiger partial charge in [-0.3, -0.25) is 10.1 Å². The number of benzene rings is 2. The molecule has 1 atom stereocenters. The second-order valence-electron chi connectivity index (χ2n) is 6.88. The first-order chi connectivity index (χ1) is 14.3. The number of anilines is 1. The first-order valence-corrected chi connectivity index (χ1v) is 11.5. The topological polar surface area (TPSA) is 101 Å². The van der Waals surface area contributed by atoms with Crippen LogP contribution in [0.5, 0.6) is 0 Å². The van der Waals surface area contributed by atoms with Gasteiger partial charge in [-0.25, -0.2) is 12.8 Å². The zero-order valence-electron chi connectivity index (χ0n) is 16.4. The molecule has 1 heterocycles. The summed E-state index contributed by atoms with van der Waals surface area (Å²) in [6.45, 7) is 3.90. The molecule has 1 amide bonds. The maximum absolute atomic E-state index is 14.1. The summed E-state index contributed by atoms with van der Waals surface area (Å²) in [6, 6.07) is 12.8. The molecule has 0 aliphatic rings. The van der Waals surface area contributed by atoms with Crippen LogP contribution in [0.25, 0.3) is 0 Å². The zero-order valence-corrected chi connectivity index (χ0v) is 18.0. The van der Waals surface area contributed by atoms with Crippen molar-refractivity contribution in [2.45, 2.75) is 37.1 Å². The molecule has 158 valence electrons. The van der Waals surface area contributed by atoms with Gasteiger partial charge >= 0.3 is 0 Å². The lowest BCUT2D eigenvalue weighted by molar-refractivity contribution is -0.117. The van der Waals surface area contributed by atoms with Crippen LogP contribution < -0.4 is 10.0 Å². The summed E-state index contributed by atoms with van der Waals surface area (Å²) >= 11 is 1.22. The lowest BCUT2D eigenvalue weighted by atomic mass is 10.1. The number of amides is 1. The standard InChI is InChI=1S/C20H21FN4O3S2/c1-13(2)19-23-24-20(29-19)22-18(26)16(12-14-8-4-3-5-9-14)25-30(27,28)17-11-7-6-10-15(17)21/h3-11,13,16,25H,12H2,1-2H3,(H,22,24,26)/t16-/m0/s1. The van der Waals surface area contributed by atoms with Crippen LogP contribution in [-0.4, -0.2) is 30.6 Å². The van der Waals surface area contributed by atoms with Crippen molar-refractivity contribution < 1.29 is 17.6 Å². The molecule has 1 aromatic heterocycles. The number of aromatic nitrogens is 2. The van der Waals surface area contributed by atoms with E-state index in [1.807, 2.05) is 19.9 Å². The number of nitrogens with one attached hydrogen (secondary N) is 2. The highest BCUT2D eigenvalue weighted by molar-refractivity contribution is 7.89. The van der Waals surface area contributed by atoms with Crippen molar-refractivity contribution in [2.24, 2.45) is 0 Å². The van der Waals surface area contributed by atoms with Crippen molar-refractivity contribution in [3.05, 3.63) is 71.0 Å². The second kappa shape index (κ2) is 9.41. The number of rotatable bonds is 8. The smallest absolute Gasteiger partial charge is 0.244 e. The van der Waals surface area contributed by atoms with E-state index in [2.05, 4.69) is 20.2 Å². The molecular formula is C20H21FN4O3S2. The van der Waals surface area contributed by atoms with Gasteiger partial charge in [0.2, 0.25) is 21.1 Å². The Kier molecular flexibility index (Phi) is 6.91. The summed E-state index contributed by atoms with van der Waals surface area (Å²) in [5, 5.41) is 11.6. The van der Waals surface area contributed by atoms with Crippen LogP contribution in [-0.2, 0) is 21.2 Å². The number of hydrogen-bond acceptors (Lipinski definition) is 6. The highest BCUT2D eigenvalue weighted by Crippen LogP contribution is 2.23. The fourth-order valence-corrected chi connectivity index (χ4v) is 4.69. The number of sulfonamides is 1. The van der Waals surface area contributed by atoms with Gasteiger partial charge in [-0.15, -0.1) is 10.2 Å². The van der Waals surface area contributed by atoms with Gasteiger partial charge in [-0.05, 0) is 24.1 Å². The molecular weight excluding hydrogens is 427 g/mol. The molecule has 0 aliphatic carbocycles. The average Bonchev–Trinajstić information content (AvgIpc) is 3.17. The fourth-order valence-electron chi connectivity index (χ4n) is 2.66. The summed E-state index contributed by atoms with van der Waals surface area (Å²) in [5.41, 5.74) is 0.744. The van der Waals surface area contributed by atoms with Crippen molar-refractivity contribution in [1.82, 2.24) is 14.9 Å². The van der Waals surface area contributed by atoms with Crippen molar-refractivity contribution in [2.75, 3.05) is 5.32 Å². The Balaban J connectivity index is 1.86. The van der Waals surface area contributed by atoms with Crippen molar-refractivity contribution in [3.8, 4) is 0 Å². The minimum Gasteiger partial charge on any atom is -0.299 e. The summed E-state index contributed by atoms with van der Waals surface area (Å²) in [6.07, 6.45) is 0.0796. The molecule has 0 unspecified atom stereocenters. The molecule has 0 spiro atoms. The number of hydrogen-bond donors (Lipinski definition) is 2. The normalized spacial score (nSPS) is 12.7. The highest BCUT2D eigenvalue weighted by Gasteiger charge is 2.28. The average molecular weight is 449 g/mol. The molecule has 30 heavy (non-hydrogen) atoms. The third-order valence-corrected chi connectivity index (χ3v) is 6.83. The molecule has 0 saturated carbocycles. The third kappa shape index (κ3) is 5.47. The number of carbonyl (C=O) groups is 1. The van der Waals surface area contributed by atoms with Crippen LogP contribution in [0.4, 0.5) is 9.52 Å². The quantitative estimate of drug-likeness (QED) is 0.551. The van der Waals surface area contributed by atoms with Crippen molar-refractivity contribution in [1.29, 1.82) is 0 Å². The molecule has 2 aromatic carbocycles. The summed E-state index contributed by atoms with van der Waals surface area (Å²) in [7, 11) is -4.27. The molecule has 2 N–H and O–H groups in total. The van der Waals surface area contributed by atoms with Gasteiger partial charge in [-0.1, -0.05) is 67.6 Å². The predicted octanol–water partition coefficient (Wildman–Crippen LogP) is 3.33. The van der Waals surface area contributed by atoms with Crippen LogP contribution in [0, 0.1) is 5.82 Å². The number of nitrogens with zero attached hydrogens (tertiary/aromatic N) is 2. The fraction of sp³-hybridized carbons (Fsp3) is 0.250. The van der Waals surface area contributed by atoms with Gasteiger partial charge < -0.3 is 0 Å². The Bertz CT molecular complexity index is 1120. The van der Waals surface area contributed by atoms with E-state index in [1.165, 1.54) is 23.5 Å². The predicted molar refractivity (Wildman–Crippen MR) is 113 cm³/mol. The molecule has 0 aliphatic heterocycles. The van der Waals surface area contributed by atoms with E-state index in [-0.39, 0.29) is 17.5 Å². The van der Waals surface area contributed by atoms with Crippen molar-refractivity contribution in [3.63, 3.8) is 0 Å². The highest BCUT2D eigenvalue weighted by atomic mass is 32.2. The lowest BCUT2D eigenvalue weighted by Gasteiger charge is -2.18. The molecule has 3 rings (SSSR count). The zero-order chi connectivity index (χ0) is 21.7. The van der Waals surface area contributed by atoms with Crippen LogP contribution >= 0.6 is 11.3 Å². The lowest BCUT2D eigenvalue weighted by Crippen LogP contribution is -2.45. The van der Waals surface area contributed by atoms with Crippen LogP contribution in [0.1, 0.15) is 30.3 Å². The minimum atomic E-state index is -4.27. The largest absolute Gasteiger partial charge is 0.299 e. The Hall–Kier alpha value is -2.69. The molecule has 0 radical (unpaired) electrons. The van der Waals surface area contributed by atoms with Crippen LogP contribution in [0.15, 0.2) is 59.5 Å². The van der Waals surface area contributed by atoms with E-state index in [0.717, 1.165) is 22.7 Å². The molecule has 0 saturated heterocycles. The SMILES string of the molecule is CC(C)c1nnc(NC(=O)[C@H](Cc2ccccc2)NS(=O)(=O)c2ccccc2F)s1. The molecule has 10 heteroatoms. The van der Waals surface area contributed by atoms with E-state index in [9.17, 15) is 17.6 Å². The van der Waals surface area contributed by atoms with Gasteiger partial charge in [0.1, 0.15) is 21.8 Å². The van der Waals surface area contributed by atoms with Gasteiger partial charge in [-0.2, -0.15) is 4.72 Å². The van der Waals surface area contributed by atoms with E-state index in [0.29, 0.717) is 0 Å². The van der Waals surface area contributed by atoms with E-state index in [4.69, 9.17) is 0 Å². The summed E-state index contributed by atoms with van der Waals surface area (Å²) in [4.78, 5) is 12.4. The maximum Gasteiger partial charge on any atom is 0.244 e. The Labute approximate surface area is 178 Å². The molecule has 7 nitrogen and oxygen atoms in total. The van der Waals surface area contributed by atoms with Gasteiger partial charge in [0.05, 0.1) is 0 Å². The van der Waals surface area contributed by atoms with Crippen LogP contribution in [0.2, 0.25) is 0 Å². The number of carbonyl (C=O) groups excluding carboxylic acids is 1. The Morgan fingerprint density at radius 1 is 1.07 bits per heavy atom. The minimum absolute atomic E-state index is 0.0796. The van der Waals surface area contributed by atoms with E-state index >= 15 is 0 Å². The van der Waals surface area contributed by atoms with Gasteiger partial charge in [0, 0.05) is 5.92 Å². The van der Waals surface area contributed by atoms with E-state index in [1.54, 1.807) is 24.3 Å². The Morgan fingerprint density at radius 2 is 1.73 bits per heavy atom. The monoisotopic (exact) mass is 448 g/mol. The van der Waals surface area contributed by atoms with E-state index < -0.39 is 32.7 Å². The first kappa shape index (κ1) is 22.0.